The Bertz CT molecular complexity index is 950. The summed E-state index contributed by atoms with van der Waals surface area (Å²) in [7, 11) is 0. The molecule has 0 aliphatic heterocycles. The van der Waals surface area contributed by atoms with Crippen LogP contribution in [0.4, 0.5) is 0 Å². The molecule has 0 atom stereocenters. The lowest BCUT2D eigenvalue weighted by Gasteiger charge is -2.29. The summed E-state index contributed by atoms with van der Waals surface area (Å²) in [6, 6.07) is 17.6. The molecule has 0 aromatic heterocycles. The summed E-state index contributed by atoms with van der Waals surface area (Å²) in [6.07, 6.45) is 16.3. The van der Waals surface area contributed by atoms with Crippen molar-refractivity contribution in [1.82, 2.24) is 0 Å². The van der Waals surface area contributed by atoms with Crippen LogP contribution >= 0.6 is 0 Å². The molecule has 174 valence electrons. The molecule has 0 heterocycles. The van der Waals surface area contributed by atoms with Gasteiger partial charge in [0.1, 0.15) is 12.1 Å². The van der Waals surface area contributed by atoms with Gasteiger partial charge in [-0.05, 0) is 67.1 Å². The molecule has 0 N–H and O–H groups in total. The van der Waals surface area contributed by atoms with Crippen LogP contribution in [-0.2, 0) is 6.42 Å². The molecule has 1 fully saturated rings. The van der Waals surface area contributed by atoms with Gasteiger partial charge in [0.05, 0.1) is 11.1 Å². The van der Waals surface area contributed by atoms with Crippen molar-refractivity contribution in [3.8, 4) is 23.3 Å². The fourth-order valence-corrected chi connectivity index (χ4v) is 5.49. The Balaban J connectivity index is 1.73. The third kappa shape index (κ3) is 6.71. The minimum atomic E-state index is 0.411. The maximum Gasteiger partial charge on any atom is 0.101 e. The third-order valence-electron chi connectivity index (χ3n) is 7.55. The highest BCUT2D eigenvalue weighted by molar-refractivity contribution is 5.75. The van der Waals surface area contributed by atoms with Gasteiger partial charge in [0.2, 0.25) is 0 Å². The third-order valence-corrected chi connectivity index (χ3v) is 7.55. The van der Waals surface area contributed by atoms with E-state index < -0.39 is 0 Å². The zero-order chi connectivity index (χ0) is 23.5. The van der Waals surface area contributed by atoms with Gasteiger partial charge in [-0.15, -0.1) is 0 Å². The standard InChI is InChI=1S/C31H40N2/c1-3-5-7-9-11-25-14-18-27(19-15-25)29-21-20-28(30(22-32)31(29)23-33)26-16-12-24(13-17-26)10-8-6-4-2/h14-15,18-21,24,26H,3-13,16-17H2,1-2H3. The second-order valence-corrected chi connectivity index (χ2v) is 9.90. The lowest BCUT2D eigenvalue weighted by Crippen LogP contribution is -2.15. The van der Waals surface area contributed by atoms with E-state index in [4.69, 9.17) is 0 Å². The van der Waals surface area contributed by atoms with E-state index in [1.807, 2.05) is 0 Å². The zero-order valence-corrected chi connectivity index (χ0v) is 20.7. The molecule has 0 bridgehead atoms. The van der Waals surface area contributed by atoms with Gasteiger partial charge in [0, 0.05) is 5.56 Å². The second-order valence-electron chi connectivity index (χ2n) is 9.90. The van der Waals surface area contributed by atoms with Gasteiger partial charge in [0.25, 0.3) is 0 Å². The smallest absolute Gasteiger partial charge is 0.101 e. The topological polar surface area (TPSA) is 47.6 Å². The van der Waals surface area contributed by atoms with Crippen LogP contribution in [0.25, 0.3) is 11.1 Å². The molecule has 0 unspecified atom stereocenters. The molecule has 1 saturated carbocycles. The quantitative estimate of drug-likeness (QED) is 0.327. The van der Waals surface area contributed by atoms with Crippen LogP contribution in [0.3, 0.4) is 0 Å². The molecule has 0 saturated heterocycles. The van der Waals surface area contributed by atoms with Crippen molar-refractivity contribution in [2.45, 2.75) is 103 Å². The molecule has 33 heavy (non-hydrogen) atoms. The summed E-state index contributed by atoms with van der Waals surface area (Å²) in [4.78, 5) is 0. The number of nitrogens with zero attached hydrogens (tertiary/aromatic N) is 2. The summed E-state index contributed by atoms with van der Waals surface area (Å²) in [5.74, 6) is 1.25. The molecule has 2 aromatic carbocycles. The summed E-state index contributed by atoms with van der Waals surface area (Å²) >= 11 is 0. The highest BCUT2D eigenvalue weighted by atomic mass is 14.3. The number of hydrogen-bond acceptors (Lipinski definition) is 2. The monoisotopic (exact) mass is 440 g/mol. The molecule has 1 aliphatic rings. The van der Waals surface area contributed by atoms with Gasteiger partial charge in [-0.25, -0.2) is 0 Å². The number of benzene rings is 2. The van der Waals surface area contributed by atoms with Gasteiger partial charge < -0.3 is 0 Å². The fourth-order valence-electron chi connectivity index (χ4n) is 5.49. The Kier molecular flexibility index (Phi) is 10.0. The minimum Gasteiger partial charge on any atom is -0.192 e. The van der Waals surface area contributed by atoms with Crippen molar-refractivity contribution in [3.05, 3.63) is 58.7 Å². The van der Waals surface area contributed by atoms with Crippen molar-refractivity contribution in [2.24, 2.45) is 5.92 Å². The lowest BCUT2D eigenvalue weighted by atomic mass is 9.75. The van der Waals surface area contributed by atoms with Crippen LogP contribution in [0.1, 0.15) is 119 Å². The molecular formula is C31H40N2. The van der Waals surface area contributed by atoms with Crippen LogP contribution in [0.15, 0.2) is 36.4 Å². The molecule has 0 radical (unpaired) electrons. The molecule has 2 heteroatoms. The van der Waals surface area contributed by atoms with E-state index in [1.165, 1.54) is 69.8 Å². The Morgan fingerprint density at radius 1 is 0.727 bits per heavy atom. The van der Waals surface area contributed by atoms with Gasteiger partial charge >= 0.3 is 0 Å². The SMILES string of the molecule is CCCCCCc1ccc(-c2ccc(C3CCC(CCCCC)CC3)c(C#N)c2C#N)cc1. The Hall–Kier alpha value is -2.58. The minimum absolute atomic E-state index is 0.411. The maximum atomic E-state index is 10.0. The van der Waals surface area contributed by atoms with Crippen molar-refractivity contribution in [3.63, 3.8) is 0 Å². The summed E-state index contributed by atoms with van der Waals surface area (Å²) in [5, 5.41) is 20.0. The normalized spacial score (nSPS) is 17.9. The Morgan fingerprint density at radius 2 is 1.39 bits per heavy atom. The molecule has 2 nitrogen and oxygen atoms in total. The van der Waals surface area contributed by atoms with Crippen LogP contribution in [0, 0.1) is 28.6 Å². The summed E-state index contributed by atoms with van der Waals surface area (Å²) in [6.45, 7) is 4.50. The van der Waals surface area contributed by atoms with E-state index in [-0.39, 0.29) is 0 Å². The highest BCUT2D eigenvalue weighted by Gasteiger charge is 2.26. The van der Waals surface area contributed by atoms with Crippen molar-refractivity contribution in [1.29, 1.82) is 10.5 Å². The van der Waals surface area contributed by atoms with Gasteiger partial charge in [0.15, 0.2) is 0 Å². The van der Waals surface area contributed by atoms with Crippen molar-refractivity contribution < 1.29 is 0 Å². The van der Waals surface area contributed by atoms with Gasteiger partial charge in [-0.3, -0.25) is 0 Å². The molecule has 2 aromatic rings. The number of hydrogen-bond donors (Lipinski definition) is 0. The predicted molar refractivity (Wildman–Crippen MR) is 138 cm³/mol. The number of unbranched alkanes of at least 4 members (excludes halogenated alkanes) is 5. The van der Waals surface area contributed by atoms with E-state index in [2.05, 4.69) is 62.4 Å². The first-order valence-corrected chi connectivity index (χ1v) is 13.3. The Morgan fingerprint density at radius 3 is 2.03 bits per heavy atom. The molecule has 0 spiro atoms. The van der Waals surface area contributed by atoms with Crippen molar-refractivity contribution in [2.75, 3.05) is 0 Å². The van der Waals surface area contributed by atoms with E-state index in [0.29, 0.717) is 17.0 Å². The zero-order valence-electron chi connectivity index (χ0n) is 20.7. The predicted octanol–water partition coefficient (Wildman–Crippen LogP) is 9.07. The lowest BCUT2D eigenvalue weighted by molar-refractivity contribution is 0.302. The van der Waals surface area contributed by atoms with Gasteiger partial charge in [-0.2, -0.15) is 10.5 Å². The largest absolute Gasteiger partial charge is 0.192 e. The second kappa shape index (κ2) is 13.2. The number of aryl methyl sites for hydroxylation is 1. The van der Waals surface area contributed by atoms with Crippen LogP contribution in [0.5, 0.6) is 0 Å². The molecule has 3 rings (SSSR count). The summed E-state index contributed by atoms with van der Waals surface area (Å²) in [5.41, 5.74) is 5.53. The maximum absolute atomic E-state index is 10.0. The first-order valence-electron chi connectivity index (χ1n) is 13.3. The van der Waals surface area contributed by atoms with Gasteiger partial charge in [-0.1, -0.05) is 95.2 Å². The van der Waals surface area contributed by atoms with Crippen LogP contribution < -0.4 is 0 Å². The molecular weight excluding hydrogens is 400 g/mol. The van der Waals surface area contributed by atoms with Crippen LogP contribution in [-0.4, -0.2) is 0 Å². The first kappa shape index (κ1) is 25.1. The van der Waals surface area contributed by atoms with E-state index in [0.717, 1.165) is 41.9 Å². The first-order chi connectivity index (χ1) is 16.2. The molecule has 1 aliphatic carbocycles. The summed E-state index contributed by atoms with van der Waals surface area (Å²) < 4.78 is 0. The molecule has 0 amide bonds. The van der Waals surface area contributed by atoms with E-state index >= 15 is 0 Å². The van der Waals surface area contributed by atoms with Crippen LogP contribution in [0.2, 0.25) is 0 Å². The van der Waals surface area contributed by atoms with E-state index in [1.54, 1.807) is 0 Å². The highest BCUT2D eigenvalue weighted by Crippen LogP contribution is 2.41. The van der Waals surface area contributed by atoms with Crippen molar-refractivity contribution >= 4 is 0 Å². The fraction of sp³-hybridized carbons (Fsp3) is 0.548. The Labute approximate surface area is 201 Å². The number of nitriles is 2. The average Bonchev–Trinajstić information content (AvgIpc) is 2.86. The average molecular weight is 441 g/mol. The van der Waals surface area contributed by atoms with E-state index in [9.17, 15) is 10.5 Å². The number of rotatable bonds is 11.